The molecule has 1 heterocycles. The topological polar surface area (TPSA) is 34.9 Å². The van der Waals surface area contributed by atoms with Gasteiger partial charge in [0, 0.05) is 23.0 Å². The summed E-state index contributed by atoms with van der Waals surface area (Å²) in [6.45, 7) is 13.0. The van der Waals surface area contributed by atoms with Gasteiger partial charge in [-0.2, -0.15) is 9.78 Å². The fourth-order valence-corrected chi connectivity index (χ4v) is 4.08. The van der Waals surface area contributed by atoms with E-state index < -0.39 is 0 Å². The molecular formula is C23H32N2O. The summed E-state index contributed by atoms with van der Waals surface area (Å²) < 4.78 is 1.74. The molecule has 0 aliphatic heterocycles. The van der Waals surface area contributed by atoms with Crippen LogP contribution >= 0.6 is 0 Å². The molecule has 2 aromatic rings. The van der Waals surface area contributed by atoms with E-state index in [9.17, 15) is 4.79 Å². The molecule has 1 aromatic carbocycles. The van der Waals surface area contributed by atoms with Gasteiger partial charge < -0.3 is 0 Å². The van der Waals surface area contributed by atoms with Gasteiger partial charge in [0.1, 0.15) is 0 Å². The van der Waals surface area contributed by atoms with E-state index >= 15 is 0 Å². The fourth-order valence-electron chi connectivity index (χ4n) is 4.08. The van der Waals surface area contributed by atoms with Crippen LogP contribution in [0.15, 0.2) is 30.3 Å². The highest BCUT2D eigenvalue weighted by atomic mass is 16.2. The van der Waals surface area contributed by atoms with Crippen LogP contribution in [-0.4, -0.2) is 15.7 Å². The van der Waals surface area contributed by atoms with Gasteiger partial charge >= 0.3 is 0 Å². The number of fused-ring (bicyclic) bond motifs is 1. The van der Waals surface area contributed by atoms with Gasteiger partial charge in [0.05, 0.1) is 11.4 Å². The van der Waals surface area contributed by atoms with Crippen molar-refractivity contribution < 1.29 is 4.79 Å². The van der Waals surface area contributed by atoms with Crippen LogP contribution in [0.4, 0.5) is 0 Å². The van der Waals surface area contributed by atoms with E-state index in [0.29, 0.717) is 23.7 Å². The van der Waals surface area contributed by atoms with E-state index in [2.05, 4.69) is 46.8 Å². The first-order valence-corrected chi connectivity index (χ1v) is 10.0. The summed E-state index contributed by atoms with van der Waals surface area (Å²) in [7, 11) is 0. The van der Waals surface area contributed by atoms with Gasteiger partial charge in [-0.15, -0.1) is 0 Å². The fraction of sp³-hybridized carbons (Fsp3) is 0.565. The van der Waals surface area contributed by atoms with Crippen molar-refractivity contribution in [2.45, 2.75) is 66.2 Å². The number of hydrogen-bond acceptors (Lipinski definition) is 2. The summed E-state index contributed by atoms with van der Waals surface area (Å²) in [5, 5.41) is 4.95. The zero-order chi connectivity index (χ0) is 19.0. The summed E-state index contributed by atoms with van der Waals surface area (Å²) in [6.07, 6.45) is 2.32. The van der Waals surface area contributed by atoms with Gasteiger partial charge in [-0.05, 0) is 30.6 Å². The van der Waals surface area contributed by atoms with Crippen molar-refractivity contribution in [3.63, 3.8) is 0 Å². The van der Waals surface area contributed by atoms with E-state index in [-0.39, 0.29) is 11.8 Å². The molecule has 0 N–H and O–H groups in total. The molecule has 0 spiro atoms. The molecule has 3 nitrogen and oxygen atoms in total. The SMILES string of the molecule is CC(C)C(C)C(=O)n1nc2c(c1-c1ccccc1)[C@H](C)CC[C@H]2C(C)C. The lowest BCUT2D eigenvalue weighted by Crippen LogP contribution is -2.25. The Morgan fingerprint density at radius 2 is 1.73 bits per heavy atom. The Kier molecular flexibility index (Phi) is 5.36. The van der Waals surface area contributed by atoms with Crippen LogP contribution in [0.5, 0.6) is 0 Å². The average Bonchev–Trinajstić information content (AvgIpc) is 3.02. The van der Waals surface area contributed by atoms with Crippen LogP contribution < -0.4 is 0 Å². The van der Waals surface area contributed by atoms with Crippen molar-refractivity contribution >= 4 is 5.91 Å². The first-order chi connectivity index (χ1) is 12.3. The molecular weight excluding hydrogens is 320 g/mol. The van der Waals surface area contributed by atoms with E-state index in [1.54, 1.807) is 4.68 Å². The number of aromatic nitrogens is 2. The molecule has 3 heteroatoms. The van der Waals surface area contributed by atoms with Crippen LogP contribution in [0.3, 0.4) is 0 Å². The molecule has 3 rings (SSSR count). The molecule has 0 radical (unpaired) electrons. The summed E-state index contributed by atoms with van der Waals surface area (Å²) in [6, 6.07) is 10.3. The largest absolute Gasteiger partial charge is 0.272 e. The Bertz CT molecular complexity index is 773. The maximum absolute atomic E-state index is 13.3. The number of benzene rings is 1. The zero-order valence-electron chi connectivity index (χ0n) is 17.0. The molecule has 0 saturated carbocycles. The smallest absolute Gasteiger partial charge is 0.250 e. The van der Waals surface area contributed by atoms with Crippen molar-refractivity contribution in [2.24, 2.45) is 17.8 Å². The van der Waals surface area contributed by atoms with Crippen molar-refractivity contribution in [2.75, 3.05) is 0 Å². The monoisotopic (exact) mass is 352 g/mol. The van der Waals surface area contributed by atoms with E-state index in [0.717, 1.165) is 29.8 Å². The molecule has 26 heavy (non-hydrogen) atoms. The molecule has 1 aliphatic rings. The third kappa shape index (κ3) is 3.24. The number of nitrogens with zero attached hydrogens (tertiary/aromatic N) is 2. The van der Waals surface area contributed by atoms with Crippen molar-refractivity contribution in [3.8, 4) is 11.3 Å². The summed E-state index contributed by atoms with van der Waals surface area (Å²) in [5.41, 5.74) is 4.57. The maximum Gasteiger partial charge on any atom is 0.250 e. The molecule has 0 bridgehead atoms. The standard InChI is InChI=1S/C23H32N2O/c1-14(2)17(6)23(26)25-22(18-10-8-7-9-11-18)20-16(5)12-13-19(15(3)4)21(20)24-25/h7-11,14-17,19H,12-13H2,1-6H3/t16-,17?,19+/m1/s1. The van der Waals surface area contributed by atoms with Crippen LogP contribution in [-0.2, 0) is 0 Å². The molecule has 0 amide bonds. The second-order valence-electron chi connectivity index (χ2n) is 8.63. The Balaban J connectivity index is 2.24. The Morgan fingerprint density at radius 1 is 1.08 bits per heavy atom. The number of rotatable bonds is 4. The molecule has 140 valence electrons. The van der Waals surface area contributed by atoms with E-state index in [1.807, 2.05) is 25.1 Å². The molecule has 1 unspecified atom stereocenters. The predicted octanol–water partition coefficient (Wildman–Crippen LogP) is 6.12. The first kappa shape index (κ1) is 18.9. The van der Waals surface area contributed by atoms with Crippen LogP contribution in [0.1, 0.15) is 82.3 Å². The van der Waals surface area contributed by atoms with Gasteiger partial charge in [0.2, 0.25) is 0 Å². The van der Waals surface area contributed by atoms with E-state index in [1.165, 1.54) is 5.56 Å². The van der Waals surface area contributed by atoms with Crippen molar-refractivity contribution in [1.82, 2.24) is 9.78 Å². The zero-order valence-corrected chi connectivity index (χ0v) is 17.0. The molecule has 3 atom stereocenters. The average molecular weight is 353 g/mol. The van der Waals surface area contributed by atoms with Crippen molar-refractivity contribution in [3.05, 3.63) is 41.6 Å². The van der Waals surface area contributed by atoms with Gasteiger partial charge in [0.15, 0.2) is 0 Å². The highest BCUT2D eigenvalue weighted by Gasteiger charge is 2.36. The van der Waals surface area contributed by atoms with Crippen LogP contribution in [0.2, 0.25) is 0 Å². The predicted molar refractivity (Wildman–Crippen MR) is 108 cm³/mol. The van der Waals surface area contributed by atoms with Gasteiger partial charge in [-0.3, -0.25) is 4.79 Å². The molecule has 1 aromatic heterocycles. The Morgan fingerprint density at radius 3 is 2.31 bits per heavy atom. The Labute approximate surface area is 157 Å². The minimum absolute atomic E-state index is 0.0494. The lowest BCUT2D eigenvalue weighted by molar-refractivity contribution is 0.0796. The molecule has 0 fully saturated rings. The highest BCUT2D eigenvalue weighted by Crippen LogP contribution is 2.46. The number of hydrogen-bond donors (Lipinski definition) is 0. The second-order valence-corrected chi connectivity index (χ2v) is 8.63. The Hall–Kier alpha value is -1.90. The molecule has 1 aliphatic carbocycles. The van der Waals surface area contributed by atoms with Gasteiger partial charge in [-0.1, -0.05) is 71.9 Å². The van der Waals surface area contributed by atoms with Crippen LogP contribution in [0, 0.1) is 17.8 Å². The quantitative estimate of drug-likeness (QED) is 0.664. The minimum atomic E-state index is -0.0494. The number of carbonyl (C=O) groups is 1. The lowest BCUT2D eigenvalue weighted by atomic mass is 9.75. The first-order valence-electron chi connectivity index (χ1n) is 10.0. The van der Waals surface area contributed by atoms with Crippen molar-refractivity contribution in [1.29, 1.82) is 0 Å². The summed E-state index contributed by atoms with van der Waals surface area (Å²) in [5.74, 6) is 1.77. The number of carbonyl (C=O) groups excluding carboxylic acids is 1. The normalized spacial score (nSPS) is 21.1. The van der Waals surface area contributed by atoms with Gasteiger partial charge in [-0.25, -0.2) is 0 Å². The summed E-state index contributed by atoms with van der Waals surface area (Å²) in [4.78, 5) is 13.3. The lowest BCUT2D eigenvalue weighted by Gasteiger charge is -2.28. The van der Waals surface area contributed by atoms with Crippen LogP contribution in [0.25, 0.3) is 11.3 Å². The maximum atomic E-state index is 13.3. The highest BCUT2D eigenvalue weighted by molar-refractivity contribution is 5.86. The molecule has 0 saturated heterocycles. The third-order valence-corrected chi connectivity index (χ3v) is 6.16. The second kappa shape index (κ2) is 7.38. The minimum Gasteiger partial charge on any atom is -0.272 e. The van der Waals surface area contributed by atoms with Gasteiger partial charge in [0.25, 0.3) is 5.91 Å². The summed E-state index contributed by atoms with van der Waals surface area (Å²) >= 11 is 0. The third-order valence-electron chi connectivity index (χ3n) is 6.16. The van der Waals surface area contributed by atoms with E-state index in [4.69, 9.17) is 5.10 Å².